The number of fused-ring (bicyclic) bond motifs is 1. The monoisotopic (exact) mass is 303 g/mol. The molecule has 0 saturated carbocycles. The van der Waals surface area contributed by atoms with Gasteiger partial charge in [-0.1, -0.05) is 12.1 Å². The van der Waals surface area contributed by atoms with E-state index >= 15 is 0 Å². The molecule has 3 rings (SSSR count). The zero-order chi connectivity index (χ0) is 15.7. The van der Waals surface area contributed by atoms with E-state index in [0.29, 0.717) is 18.5 Å². The highest BCUT2D eigenvalue weighted by atomic mass is 16.4. The summed E-state index contributed by atoms with van der Waals surface area (Å²) in [5.41, 5.74) is 1.31. The van der Waals surface area contributed by atoms with Gasteiger partial charge in [-0.05, 0) is 26.1 Å². The molecule has 22 heavy (non-hydrogen) atoms. The van der Waals surface area contributed by atoms with Crippen LogP contribution in [0.25, 0.3) is 11.1 Å². The number of carbonyl (C=O) groups excluding carboxylic acids is 1. The van der Waals surface area contributed by atoms with Gasteiger partial charge in [-0.25, -0.2) is 4.79 Å². The number of carbonyl (C=O) groups is 1. The quantitative estimate of drug-likeness (QED) is 0.853. The molecule has 1 atom stereocenters. The topological polar surface area (TPSA) is 58.7 Å². The van der Waals surface area contributed by atoms with Crippen molar-refractivity contribution in [2.75, 3.05) is 26.7 Å². The van der Waals surface area contributed by atoms with Crippen LogP contribution >= 0.6 is 0 Å². The minimum Gasteiger partial charge on any atom is -0.408 e. The summed E-state index contributed by atoms with van der Waals surface area (Å²) in [5, 5.41) is 0. The van der Waals surface area contributed by atoms with Crippen LogP contribution < -0.4 is 5.76 Å². The lowest BCUT2D eigenvalue weighted by atomic mass is 10.2. The molecule has 1 saturated heterocycles. The Morgan fingerprint density at radius 3 is 2.86 bits per heavy atom. The summed E-state index contributed by atoms with van der Waals surface area (Å²) in [6, 6.07) is 7.50. The Balaban J connectivity index is 1.70. The SMILES string of the molecule is CC1CN(C)CCN1C(=O)CCn1c(=O)oc2ccccc21. The number of nitrogens with zero attached hydrogens (tertiary/aromatic N) is 3. The lowest BCUT2D eigenvalue weighted by Gasteiger charge is -2.38. The Labute approximate surface area is 128 Å². The van der Waals surface area contributed by atoms with Crippen molar-refractivity contribution in [3.8, 4) is 0 Å². The molecular formula is C16H21N3O3. The van der Waals surface area contributed by atoms with Crippen molar-refractivity contribution in [2.45, 2.75) is 25.9 Å². The van der Waals surface area contributed by atoms with Crippen LogP contribution in [0.15, 0.2) is 33.5 Å². The van der Waals surface area contributed by atoms with E-state index in [9.17, 15) is 9.59 Å². The van der Waals surface area contributed by atoms with Crippen LogP contribution in [0.5, 0.6) is 0 Å². The second-order valence-corrected chi connectivity index (χ2v) is 5.94. The zero-order valence-corrected chi connectivity index (χ0v) is 13.0. The standard InChI is InChI=1S/C16H21N3O3/c1-12-11-17(2)9-10-18(12)15(20)7-8-19-13-5-3-4-6-14(13)22-16(19)21/h3-6,12H,7-11H2,1-2H3. The fourth-order valence-electron chi connectivity index (χ4n) is 3.09. The molecule has 0 spiro atoms. The summed E-state index contributed by atoms with van der Waals surface area (Å²) in [6.45, 7) is 4.95. The summed E-state index contributed by atoms with van der Waals surface area (Å²) in [4.78, 5) is 28.5. The minimum absolute atomic E-state index is 0.0952. The molecule has 0 N–H and O–H groups in total. The zero-order valence-electron chi connectivity index (χ0n) is 13.0. The van der Waals surface area contributed by atoms with Gasteiger partial charge in [0.05, 0.1) is 5.52 Å². The molecule has 1 amide bonds. The third kappa shape index (κ3) is 2.78. The number of benzene rings is 1. The maximum absolute atomic E-state index is 12.4. The Kier molecular flexibility index (Phi) is 4.02. The lowest BCUT2D eigenvalue weighted by molar-refractivity contribution is -0.135. The van der Waals surface area contributed by atoms with E-state index in [0.717, 1.165) is 25.2 Å². The van der Waals surface area contributed by atoms with Gasteiger partial charge in [0.25, 0.3) is 0 Å². The van der Waals surface area contributed by atoms with Crippen LogP contribution in [-0.2, 0) is 11.3 Å². The number of aryl methyl sites for hydroxylation is 1. The van der Waals surface area contributed by atoms with Gasteiger partial charge < -0.3 is 14.2 Å². The van der Waals surface area contributed by atoms with Gasteiger partial charge in [-0.15, -0.1) is 0 Å². The van der Waals surface area contributed by atoms with E-state index in [1.54, 1.807) is 6.07 Å². The number of piperazine rings is 1. The highest BCUT2D eigenvalue weighted by Gasteiger charge is 2.25. The van der Waals surface area contributed by atoms with Crippen LogP contribution in [0.4, 0.5) is 0 Å². The highest BCUT2D eigenvalue weighted by Crippen LogP contribution is 2.14. The molecule has 1 fully saturated rings. The van der Waals surface area contributed by atoms with Crippen molar-refractivity contribution in [2.24, 2.45) is 0 Å². The molecule has 2 aromatic rings. The normalized spacial score (nSPS) is 19.7. The van der Waals surface area contributed by atoms with Crippen molar-refractivity contribution in [3.05, 3.63) is 34.8 Å². The van der Waals surface area contributed by atoms with E-state index in [1.165, 1.54) is 4.57 Å². The minimum atomic E-state index is -0.402. The number of amides is 1. The predicted molar refractivity (Wildman–Crippen MR) is 83.8 cm³/mol. The largest absolute Gasteiger partial charge is 0.419 e. The molecule has 6 heteroatoms. The Hall–Kier alpha value is -2.08. The van der Waals surface area contributed by atoms with Crippen molar-refractivity contribution in [3.63, 3.8) is 0 Å². The van der Waals surface area contributed by atoms with Gasteiger partial charge in [-0.3, -0.25) is 9.36 Å². The van der Waals surface area contributed by atoms with Gasteiger partial charge in [0.1, 0.15) is 0 Å². The van der Waals surface area contributed by atoms with Gasteiger partial charge in [0.2, 0.25) is 5.91 Å². The second kappa shape index (κ2) is 5.96. The van der Waals surface area contributed by atoms with E-state index in [1.807, 2.05) is 23.1 Å². The molecular weight excluding hydrogens is 282 g/mol. The van der Waals surface area contributed by atoms with Crippen LogP contribution in [0.1, 0.15) is 13.3 Å². The van der Waals surface area contributed by atoms with Crippen molar-refractivity contribution in [1.29, 1.82) is 0 Å². The molecule has 0 aliphatic carbocycles. The Bertz CT molecular complexity index is 734. The Morgan fingerprint density at radius 1 is 1.32 bits per heavy atom. The number of aromatic nitrogens is 1. The fraction of sp³-hybridized carbons (Fsp3) is 0.500. The van der Waals surface area contributed by atoms with Crippen LogP contribution in [0.3, 0.4) is 0 Å². The first-order valence-electron chi connectivity index (χ1n) is 7.62. The van der Waals surface area contributed by atoms with Crippen molar-refractivity contribution < 1.29 is 9.21 Å². The average Bonchev–Trinajstić information content (AvgIpc) is 2.80. The van der Waals surface area contributed by atoms with Gasteiger partial charge in [0.15, 0.2) is 5.58 Å². The average molecular weight is 303 g/mol. The molecule has 0 radical (unpaired) electrons. The summed E-state index contributed by atoms with van der Waals surface area (Å²) < 4.78 is 6.72. The molecule has 1 aromatic heterocycles. The van der Waals surface area contributed by atoms with Crippen LogP contribution in [-0.4, -0.2) is 53.0 Å². The maximum atomic E-state index is 12.4. The molecule has 1 aliphatic rings. The summed E-state index contributed by atoms with van der Waals surface area (Å²) in [7, 11) is 2.06. The van der Waals surface area contributed by atoms with Crippen molar-refractivity contribution >= 4 is 17.0 Å². The third-order valence-corrected chi connectivity index (χ3v) is 4.27. The fourth-order valence-corrected chi connectivity index (χ4v) is 3.09. The smallest absolute Gasteiger partial charge is 0.408 e. The molecule has 2 heterocycles. The molecule has 1 aromatic carbocycles. The first kappa shape index (κ1) is 14.8. The van der Waals surface area contributed by atoms with E-state index in [-0.39, 0.29) is 11.9 Å². The van der Waals surface area contributed by atoms with Crippen molar-refractivity contribution in [1.82, 2.24) is 14.4 Å². The number of rotatable bonds is 3. The number of hydrogen-bond donors (Lipinski definition) is 0. The maximum Gasteiger partial charge on any atom is 0.419 e. The molecule has 1 aliphatic heterocycles. The molecule has 118 valence electrons. The summed E-state index contributed by atoms with van der Waals surface area (Å²) in [5.74, 6) is -0.307. The first-order chi connectivity index (χ1) is 10.6. The summed E-state index contributed by atoms with van der Waals surface area (Å²) >= 11 is 0. The lowest BCUT2D eigenvalue weighted by Crippen LogP contribution is -2.52. The predicted octanol–water partition coefficient (Wildman–Crippen LogP) is 1.15. The first-order valence-corrected chi connectivity index (χ1v) is 7.62. The van der Waals surface area contributed by atoms with Crippen LogP contribution in [0, 0.1) is 0 Å². The second-order valence-electron chi connectivity index (χ2n) is 5.94. The van der Waals surface area contributed by atoms with Crippen LogP contribution in [0.2, 0.25) is 0 Å². The van der Waals surface area contributed by atoms with E-state index in [4.69, 9.17) is 4.42 Å². The number of para-hydroxylation sites is 2. The third-order valence-electron chi connectivity index (χ3n) is 4.27. The molecule has 1 unspecified atom stereocenters. The molecule has 6 nitrogen and oxygen atoms in total. The Morgan fingerprint density at radius 2 is 2.09 bits per heavy atom. The van der Waals surface area contributed by atoms with Gasteiger partial charge in [0, 0.05) is 38.6 Å². The number of oxazole rings is 1. The van der Waals surface area contributed by atoms with Gasteiger partial charge >= 0.3 is 5.76 Å². The molecule has 0 bridgehead atoms. The number of hydrogen-bond acceptors (Lipinski definition) is 4. The van der Waals surface area contributed by atoms with E-state index in [2.05, 4.69) is 18.9 Å². The van der Waals surface area contributed by atoms with E-state index < -0.39 is 5.76 Å². The summed E-state index contributed by atoms with van der Waals surface area (Å²) in [6.07, 6.45) is 0.317. The number of likely N-dealkylation sites (N-methyl/N-ethyl adjacent to an activating group) is 1. The highest BCUT2D eigenvalue weighted by molar-refractivity contribution is 5.77. The van der Waals surface area contributed by atoms with Gasteiger partial charge in [-0.2, -0.15) is 0 Å².